The van der Waals surface area contributed by atoms with Crippen LogP contribution in [0.2, 0.25) is 0 Å². The van der Waals surface area contributed by atoms with Crippen molar-refractivity contribution in [2.24, 2.45) is 17.8 Å². The number of hydrogen-bond donors (Lipinski definition) is 6. The molecule has 2 aromatic rings. The Hall–Kier alpha value is -4.90. The van der Waals surface area contributed by atoms with E-state index >= 15 is 0 Å². The number of carbonyl (C=O) groups excluding carboxylic acids is 5. The number of nitrogens with zero attached hydrogens (tertiary/aromatic N) is 3. The molecule has 1 amide bonds. The van der Waals surface area contributed by atoms with Crippen LogP contribution >= 0.6 is 0 Å². The fraction of sp³-hybridized carbons (Fsp3) is 0.774. The Morgan fingerprint density at radius 2 is 1.60 bits per heavy atom. The van der Waals surface area contributed by atoms with E-state index in [2.05, 4.69) is 10.6 Å². The average molecular weight is 1230 g/mol. The molecule has 3 saturated heterocycles. The Balaban J connectivity index is 1.13. The summed E-state index contributed by atoms with van der Waals surface area (Å²) in [5.41, 5.74) is -4.38. The third-order valence-corrected chi connectivity index (χ3v) is 17.7. The van der Waals surface area contributed by atoms with Gasteiger partial charge in [-0.1, -0.05) is 20.8 Å². The number of likely N-dealkylation sites (N-methyl/N-ethyl adjacent to an activating group) is 2. The first-order valence-corrected chi connectivity index (χ1v) is 30.7. The fourth-order valence-corrected chi connectivity index (χ4v) is 12.6. The van der Waals surface area contributed by atoms with Gasteiger partial charge in [0.05, 0.1) is 67.7 Å². The highest BCUT2D eigenvalue weighted by atomic mass is 16.7. The number of carbonyl (C=O) groups is 5. The minimum absolute atomic E-state index is 0.000207. The zero-order chi connectivity index (χ0) is 64.5. The molecule has 4 aliphatic rings. The number of amides is 1. The second kappa shape index (κ2) is 30.7. The predicted octanol–water partition coefficient (Wildman–Crippen LogP) is 3.46. The molecule has 0 bridgehead atoms. The van der Waals surface area contributed by atoms with Gasteiger partial charge < -0.3 is 92.8 Å². The molecule has 6 rings (SSSR count). The number of anilines is 1. The van der Waals surface area contributed by atoms with Crippen LogP contribution in [0.3, 0.4) is 0 Å². The van der Waals surface area contributed by atoms with Gasteiger partial charge in [-0.2, -0.15) is 0 Å². The van der Waals surface area contributed by atoms with E-state index in [9.17, 15) is 49.2 Å². The molecule has 25 heteroatoms. The van der Waals surface area contributed by atoms with Crippen molar-refractivity contribution in [2.75, 3.05) is 79.6 Å². The second-order valence-corrected chi connectivity index (χ2v) is 25.3. The molecule has 1 aromatic carbocycles. The summed E-state index contributed by atoms with van der Waals surface area (Å²) in [6.45, 7) is 18.9. The Bertz CT molecular complexity index is 2700. The monoisotopic (exact) mass is 1230 g/mol. The van der Waals surface area contributed by atoms with E-state index in [1.807, 2.05) is 49.4 Å². The molecule has 1 saturated carbocycles. The summed E-state index contributed by atoms with van der Waals surface area (Å²) in [5.74, 6) is -5.92. The molecule has 4 fully saturated rings. The third kappa shape index (κ3) is 18.0. The van der Waals surface area contributed by atoms with Crippen LogP contribution < -0.4 is 16.1 Å². The maximum absolute atomic E-state index is 14.6. The molecule has 18 atom stereocenters. The second-order valence-electron chi connectivity index (χ2n) is 25.3. The number of ether oxygens (including phenoxy) is 10. The van der Waals surface area contributed by atoms with Crippen molar-refractivity contribution in [3.8, 4) is 0 Å². The molecule has 4 heterocycles. The first-order chi connectivity index (χ1) is 40.9. The number of nitrogens with one attached hydrogen (secondary N) is 2. The topological polar surface area (TPSA) is 311 Å². The zero-order valence-electron chi connectivity index (χ0n) is 53.6. The number of rotatable bonds is 22. The molecule has 1 aromatic heterocycles. The Morgan fingerprint density at radius 3 is 2.24 bits per heavy atom. The van der Waals surface area contributed by atoms with Crippen LogP contribution in [0.5, 0.6) is 0 Å². The quantitative estimate of drug-likeness (QED) is 0.0559. The minimum atomic E-state index is -1.88. The van der Waals surface area contributed by atoms with Crippen LogP contribution in [0.4, 0.5) is 5.69 Å². The van der Waals surface area contributed by atoms with Crippen LogP contribution in [-0.4, -0.2) is 229 Å². The predicted molar refractivity (Wildman–Crippen MR) is 318 cm³/mol. The molecule has 25 nitrogen and oxygen atoms in total. The van der Waals surface area contributed by atoms with Gasteiger partial charge in [0.2, 0.25) is 5.43 Å². The number of fused-ring (bicyclic) bond motifs is 1. The van der Waals surface area contributed by atoms with E-state index in [1.54, 1.807) is 73.6 Å². The summed E-state index contributed by atoms with van der Waals surface area (Å²) < 4.78 is 62.5. The van der Waals surface area contributed by atoms with Crippen molar-refractivity contribution >= 4 is 46.4 Å². The number of pyridine rings is 1. The Labute approximate surface area is 511 Å². The van der Waals surface area contributed by atoms with E-state index in [0.29, 0.717) is 24.2 Å². The number of aliphatic hydroxyl groups is 4. The van der Waals surface area contributed by atoms with Gasteiger partial charge in [0, 0.05) is 67.9 Å². The maximum Gasteiger partial charge on any atom is 0.344 e. The van der Waals surface area contributed by atoms with Crippen molar-refractivity contribution in [3.63, 3.8) is 0 Å². The van der Waals surface area contributed by atoms with Crippen molar-refractivity contribution in [1.29, 1.82) is 0 Å². The first kappa shape index (κ1) is 71.2. The summed E-state index contributed by atoms with van der Waals surface area (Å²) in [7, 11) is 7.02. The summed E-state index contributed by atoms with van der Waals surface area (Å²) in [4.78, 5) is 82.7. The molecule has 87 heavy (non-hydrogen) atoms. The summed E-state index contributed by atoms with van der Waals surface area (Å²) >= 11 is 0. The maximum atomic E-state index is 14.6. The van der Waals surface area contributed by atoms with E-state index in [4.69, 9.17) is 47.4 Å². The number of methoxy groups -OCH3 is 1. The molecule has 6 N–H and O–H groups in total. The van der Waals surface area contributed by atoms with Gasteiger partial charge in [-0.25, -0.2) is 4.79 Å². The molecular formula is C62H99N5O20. The lowest BCUT2D eigenvalue weighted by Crippen LogP contribution is -2.61. The van der Waals surface area contributed by atoms with E-state index in [0.717, 1.165) is 12.8 Å². The average Bonchev–Trinajstić information content (AvgIpc) is 1.94. The smallest absolute Gasteiger partial charge is 0.344 e. The lowest BCUT2D eigenvalue weighted by molar-refractivity contribution is -0.318. The lowest BCUT2D eigenvalue weighted by Gasteiger charge is -2.49. The molecule has 3 aliphatic heterocycles. The number of cyclic esters (lactones) is 1. The normalized spacial score (nSPS) is 34.9. The van der Waals surface area contributed by atoms with Gasteiger partial charge in [-0.15, -0.1) is 0 Å². The van der Waals surface area contributed by atoms with Gasteiger partial charge in [0.25, 0.3) is 5.91 Å². The highest BCUT2D eigenvalue weighted by molar-refractivity contribution is 5.96. The van der Waals surface area contributed by atoms with Crippen molar-refractivity contribution in [3.05, 3.63) is 40.2 Å². The molecular weight excluding hydrogens is 1130 g/mol. The Morgan fingerprint density at radius 1 is 0.897 bits per heavy atom. The highest BCUT2D eigenvalue weighted by Gasteiger charge is 2.54. The molecule has 0 unspecified atom stereocenters. The van der Waals surface area contributed by atoms with Crippen LogP contribution in [-0.2, 0) is 66.5 Å². The summed E-state index contributed by atoms with van der Waals surface area (Å²) in [5, 5.41) is 54.0. The van der Waals surface area contributed by atoms with Gasteiger partial charge >= 0.3 is 23.9 Å². The molecule has 1 aliphatic carbocycles. The van der Waals surface area contributed by atoms with Gasteiger partial charge in [-0.05, 0) is 133 Å². The number of hydrogen-bond acceptors (Lipinski definition) is 23. The number of benzene rings is 1. The van der Waals surface area contributed by atoms with E-state index in [1.165, 1.54) is 20.2 Å². The summed E-state index contributed by atoms with van der Waals surface area (Å²) in [6.07, 6.45) is -6.43. The Kier molecular flexibility index (Phi) is 25.2. The van der Waals surface area contributed by atoms with Crippen LogP contribution in [0.25, 0.3) is 10.9 Å². The van der Waals surface area contributed by atoms with Gasteiger partial charge in [0.1, 0.15) is 41.6 Å². The largest absolute Gasteiger partial charge is 0.465 e. The standard InChI is InChI=1S/C62H99N5O20/c1-16-46-62(11,77)54(73)38(7)66(14)31-34(3)28-60(9,76)55(87-59-52(72)45(65(12)13)26-35(4)82-59)36(5)53(37(6)57(74)84-46)86-50-29-61(10,78-15)56(39(8)83-50)85-48(69)22-24-79-25-23-63-40-18-21-44-42(27-40)51(71)43(32-67(44)41-19-20-41)58(75)81-33-47(68)64-30-49(70)80-17-2/h18,21,27,32,34-39,41,45-46,50,52-56,59,63,72-73,76-77H,16-17,19-20,22-26,28-31,33H2,1-15H3,(H,64,68)/t34-,35-,36+,37-,38-,39+,45+,46-,50+,52-,53+,54-,55-,56+,59+,60-,61-,62-/m1/s1. The van der Waals surface area contributed by atoms with Crippen LogP contribution in [0.15, 0.2) is 29.2 Å². The van der Waals surface area contributed by atoms with Crippen LogP contribution in [0, 0.1) is 17.8 Å². The fourth-order valence-electron chi connectivity index (χ4n) is 12.6. The lowest BCUT2D eigenvalue weighted by atomic mass is 9.77. The highest BCUT2D eigenvalue weighted by Crippen LogP contribution is 2.42. The minimum Gasteiger partial charge on any atom is -0.465 e. The SMILES string of the molecule is CCOC(=O)CNC(=O)COC(=O)c1cn(C2CC2)c2ccc(NCCOCCC(=O)O[C@H]3[C@H](C)O[C@@H](O[C@H]4[C@H](C)[C@@H](O[C@@H]5O[C@H](C)C[C@H](N(C)C)[C@H]5O)[C@](C)(O)C[C@@H](C)CN(C)[C@H](C)[C@@H](O)[C@](C)(O)[C@@H](CC)OC(=O)[C@@H]4C)C[C@@]3(C)OC)cc2c1=O. The summed E-state index contributed by atoms with van der Waals surface area (Å²) in [6, 6.07) is 4.35. The van der Waals surface area contributed by atoms with Crippen LogP contribution in [0.1, 0.15) is 138 Å². The molecule has 0 spiro atoms. The van der Waals surface area contributed by atoms with Crippen molar-refractivity contribution in [1.82, 2.24) is 19.7 Å². The van der Waals surface area contributed by atoms with E-state index in [-0.39, 0.29) is 87.1 Å². The van der Waals surface area contributed by atoms with Gasteiger partial charge in [0.15, 0.2) is 25.3 Å². The number of aliphatic hydroxyl groups excluding tert-OH is 2. The molecule has 0 radical (unpaired) electrons. The van der Waals surface area contributed by atoms with Crippen molar-refractivity contribution < 1.29 is 91.8 Å². The third-order valence-electron chi connectivity index (χ3n) is 17.7. The first-order valence-electron chi connectivity index (χ1n) is 30.7. The molecule has 492 valence electrons. The number of esters is 4. The number of aromatic nitrogens is 1. The zero-order valence-corrected chi connectivity index (χ0v) is 53.6. The van der Waals surface area contributed by atoms with Gasteiger partial charge in [-0.3, -0.25) is 24.0 Å². The van der Waals surface area contributed by atoms with Crippen molar-refractivity contribution in [2.45, 2.75) is 217 Å². The van der Waals surface area contributed by atoms with E-state index < -0.39 is 138 Å².